The molecule has 0 spiro atoms. The molecule has 0 aliphatic carbocycles. The number of nitrogens with one attached hydrogen (secondary N) is 2. The van der Waals surface area contributed by atoms with Crippen LogP contribution in [0.25, 0.3) is 11.3 Å². The maximum atomic E-state index is 13.1. The summed E-state index contributed by atoms with van der Waals surface area (Å²) in [6, 6.07) is 10.6. The van der Waals surface area contributed by atoms with Crippen molar-refractivity contribution in [2.45, 2.75) is 26.4 Å². The van der Waals surface area contributed by atoms with Crippen LogP contribution in [0, 0.1) is 5.82 Å². The van der Waals surface area contributed by atoms with Gasteiger partial charge in [0.25, 0.3) is 0 Å². The first kappa shape index (κ1) is 18.4. The van der Waals surface area contributed by atoms with E-state index in [2.05, 4.69) is 34.3 Å². The van der Waals surface area contributed by atoms with Gasteiger partial charge in [-0.15, -0.1) is 0 Å². The number of furan rings is 1. The first-order valence-corrected chi connectivity index (χ1v) is 8.99. The van der Waals surface area contributed by atoms with Crippen molar-refractivity contribution >= 4 is 0 Å². The number of aromatic amines is 1. The summed E-state index contributed by atoms with van der Waals surface area (Å²) in [5, 5.41) is 10.7. The predicted molar refractivity (Wildman–Crippen MR) is 100 cm³/mol. The first-order valence-electron chi connectivity index (χ1n) is 8.99. The normalized spacial score (nSPS) is 12.6. The van der Waals surface area contributed by atoms with Gasteiger partial charge in [-0.05, 0) is 49.5 Å². The molecule has 6 heteroatoms. The van der Waals surface area contributed by atoms with Crippen molar-refractivity contribution in [3.63, 3.8) is 0 Å². The van der Waals surface area contributed by atoms with Gasteiger partial charge in [-0.1, -0.05) is 13.8 Å². The van der Waals surface area contributed by atoms with Crippen LogP contribution in [-0.4, -0.2) is 34.7 Å². The van der Waals surface area contributed by atoms with Crippen LogP contribution in [-0.2, 0) is 6.54 Å². The topological polar surface area (TPSA) is 57.1 Å². The monoisotopic (exact) mass is 356 g/mol. The molecule has 3 aromatic rings. The number of rotatable bonds is 9. The third-order valence-corrected chi connectivity index (χ3v) is 4.63. The van der Waals surface area contributed by atoms with Crippen molar-refractivity contribution in [3.05, 3.63) is 66.0 Å². The second-order valence-electron chi connectivity index (χ2n) is 6.16. The number of likely N-dealkylation sites (N-methyl/N-ethyl adjacent to an activating group) is 1. The molecule has 0 bridgehead atoms. The maximum absolute atomic E-state index is 13.1. The molecular formula is C20H25FN4O. The van der Waals surface area contributed by atoms with Gasteiger partial charge in [0.15, 0.2) is 0 Å². The Kier molecular flexibility index (Phi) is 6.20. The second-order valence-corrected chi connectivity index (χ2v) is 6.16. The lowest BCUT2D eigenvalue weighted by Crippen LogP contribution is -2.35. The molecule has 0 amide bonds. The van der Waals surface area contributed by atoms with E-state index in [1.807, 2.05) is 18.3 Å². The molecule has 138 valence electrons. The molecule has 2 N–H and O–H groups in total. The van der Waals surface area contributed by atoms with E-state index < -0.39 is 0 Å². The molecular weight excluding hydrogens is 331 g/mol. The average Bonchev–Trinajstić information content (AvgIpc) is 3.34. The van der Waals surface area contributed by atoms with Crippen molar-refractivity contribution < 1.29 is 8.81 Å². The van der Waals surface area contributed by atoms with Crippen LogP contribution in [0.15, 0.2) is 53.3 Å². The van der Waals surface area contributed by atoms with E-state index in [1.54, 1.807) is 18.4 Å². The molecule has 1 unspecified atom stereocenters. The summed E-state index contributed by atoms with van der Waals surface area (Å²) >= 11 is 0. The summed E-state index contributed by atoms with van der Waals surface area (Å²) in [6.07, 6.45) is 3.53. The second kappa shape index (κ2) is 8.78. The zero-order valence-electron chi connectivity index (χ0n) is 15.2. The molecule has 2 heterocycles. The summed E-state index contributed by atoms with van der Waals surface area (Å²) in [5.41, 5.74) is 2.89. The van der Waals surface area contributed by atoms with E-state index in [9.17, 15) is 4.39 Å². The lowest BCUT2D eigenvalue weighted by molar-refractivity contribution is 0.188. The number of halogens is 1. The highest BCUT2D eigenvalue weighted by Gasteiger charge is 2.20. The molecule has 0 saturated carbocycles. The lowest BCUT2D eigenvalue weighted by Gasteiger charge is -2.28. The Balaban J connectivity index is 1.67. The molecule has 0 fully saturated rings. The van der Waals surface area contributed by atoms with Gasteiger partial charge >= 0.3 is 0 Å². The van der Waals surface area contributed by atoms with Gasteiger partial charge in [0.2, 0.25) is 0 Å². The molecule has 0 aliphatic heterocycles. The van der Waals surface area contributed by atoms with Gasteiger partial charge in [-0.2, -0.15) is 5.10 Å². The van der Waals surface area contributed by atoms with Crippen LogP contribution in [0.2, 0.25) is 0 Å². The van der Waals surface area contributed by atoms with E-state index in [1.165, 1.54) is 12.1 Å². The minimum Gasteiger partial charge on any atom is -0.468 e. The fraction of sp³-hybridized carbons (Fsp3) is 0.350. The number of H-pyrrole nitrogens is 1. The van der Waals surface area contributed by atoms with Gasteiger partial charge in [-0.3, -0.25) is 10.00 Å². The number of benzene rings is 1. The summed E-state index contributed by atoms with van der Waals surface area (Å²) in [7, 11) is 0. The molecule has 2 aromatic heterocycles. The quantitative estimate of drug-likeness (QED) is 0.609. The van der Waals surface area contributed by atoms with E-state index in [-0.39, 0.29) is 11.9 Å². The van der Waals surface area contributed by atoms with Crippen molar-refractivity contribution in [1.29, 1.82) is 0 Å². The summed E-state index contributed by atoms with van der Waals surface area (Å²) in [6.45, 7) is 7.65. The molecule has 5 nitrogen and oxygen atoms in total. The molecule has 1 atom stereocenters. The van der Waals surface area contributed by atoms with Crippen molar-refractivity contribution in [2.75, 3.05) is 19.6 Å². The van der Waals surface area contributed by atoms with Gasteiger partial charge in [-0.25, -0.2) is 4.39 Å². The Labute approximate surface area is 153 Å². The zero-order valence-corrected chi connectivity index (χ0v) is 15.2. The van der Waals surface area contributed by atoms with Crippen LogP contribution in [0.3, 0.4) is 0 Å². The zero-order chi connectivity index (χ0) is 18.4. The van der Waals surface area contributed by atoms with Crippen LogP contribution in [0.1, 0.15) is 31.2 Å². The Morgan fingerprint density at radius 3 is 2.62 bits per heavy atom. The van der Waals surface area contributed by atoms with Crippen LogP contribution in [0.4, 0.5) is 4.39 Å². The Bertz CT molecular complexity index is 779. The number of aromatic nitrogens is 2. The fourth-order valence-electron chi connectivity index (χ4n) is 3.21. The largest absolute Gasteiger partial charge is 0.468 e. The van der Waals surface area contributed by atoms with Crippen molar-refractivity contribution in [3.8, 4) is 11.3 Å². The molecule has 0 saturated heterocycles. The minimum absolute atomic E-state index is 0.182. The van der Waals surface area contributed by atoms with E-state index in [4.69, 9.17) is 4.42 Å². The fourth-order valence-corrected chi connectivity index (χ4v) is 3.21. The van der Waals surface area contributed by atoms with Crippen molar-refractivity contribution in [1.82, 2.24) is 20.4 Å². The van der Waals surface area contributed by atoms with E-state index in [0.717, 1.165) is 42.2 Å². The summed E-state index contributed by atoms with van der Waals surface area (Å²) in [5.74, 6) is 0.723. The van der Waals surface area contributed by atoms with Gasteiger partial charge in [0, 0.05) is 24.2 Å². The Morgan fingerprint density at radius 2 is 1.96 bits per heavy atom. The highest BCUT2D eigenvalue weighted by atomic mass is 19.1. The van der Waals surface area contributed by atoms with Crippen LogP contribution < -0.4 is 5.32 Å². The number of hydrogen-bond acceptors (Lipinski definition) is 4. The number of nitrogens with zero attached hydrogens (tertiary/aromatic N) is 2. The number of hydrogen-bond donors (Lipinski definition) is 2. The van der Waals surface area contributed by atoms with Gasteiger partial charge in [0.05, 0.1) is 24.2 Å². The first-order chi connectivity index (χ1) is 12.7. The molecule has 3 rings (SSSR count). The smallest absolute Gasteiger partial charge is 0.123 e. The van der Waals surface area contributed by atoms with Crippen molar-refractivity contribution in [2.24, 2.45) is 0 Å². The molecule has 0 radical (unpaired) electrons. The third-order valence-electron chi connectivity index (χ3n) is 4.63. The van der Waals surface area contributed by atoms with Gasteiger partial charge < -0.3 is 9.73 Å². The van der Waals surface area contributed by atoms with E-state index in [0.29, 0.717) is 6.54 Å². The SMILES string of the molecule is CCN(CC)C(CNCc1cn[nH]c1-c1ccc(F)cc1)c1ccco1. The highest BCUT2D eigenvalue weighted by molar-refractivity contribution is 5.62. The third kappa shape index (κ3) is 4.20. The molecule has 26 heavy (non-hydrogen) atoms. The highest BCUT2D eigenvalue weighted by Crippen LogP contribution is 2.23. The maximum Gasteiger partial charge on any atom is 0.123 e. The molecule has 1 aromatic carbocycles. The van der Waals surface area contributed by atoms with Gasteiger partial charge in [0.1, 0.15) is 11.6 Å². The predicted octanol–water partition coefficient (Wildman–Crippen LogP) is 3.98. The van der Waals surface area contributed by atoms with E-state index >= 15 is 0 Å². The Morgan fingerprint density at radius 1 is 1.19 bits per heavy atom. The lowest BCUT2D eigenvalue weighted by atomic mass is 10.1. The van der Waals surface area contributed by atoms with Crippen LogP contribution >= 0.6 is 0 Å². The standard InChI is InChI=1S/C20H25FN4O/c1-3-25(4-2)18(19-6-5-11-26-19)14-22-12-16-13-23-24-20(16)15-7-9-17(21)10-8-15/h5-11,13,18,22H,3-4,12,14H2,1-2H3,(H,23,24). The summed E-state index contributed by atoms with van der Waals surface area (Å²) < 4.78 is 18.8. The molecule has 0 aliphatic rings. The average molecular weight is 356 g/mol. The Hall–Kier alpha value is -2.44. The summed E-state index contributed by atoms with van der Waals surface area (Å²) in [4.78, 5) is 2.36. The minimum atomic E-state index is -0.242. The van der Waals surface area contributed by atoms with Crippen LogP contribution in [0.5, 0.6) is 0 Å².